The molecule has 7 nitrogen and oxygen atoms in total. The van der Waals surface area contributed by atoms with Crippen LogP contribution in [0.25, 0.3) is 6.08 Å². The van der Waals surface area contributed by atoms with Crippen molar-refractivity contribution in [3.05, 3.63) is 35.4 Å². The number of hydrogen-bond donors (Lipinski definition) is 1. The first-order chi connectivity index (χ1) is 11.4. The van der Waals surface area contributed by atoms with Crippen LogP contribution in [0.3, 0.4) is 0 Å². The smallest absolute Gasteiger partial charge is 0.338 e. The van der Waals surface area contributed by atoms with Crippen molar-refractivity contribution in [3.63, 3.8) is 0 Å². The molecule has 2 aliphatic rings. The van der Waals surface area contributed by atoms with E-state index in [-0.39, 0.29) is 18.1 Å². The van der Waals surface area contributed by atoms with Crippen molar-refractivity contribution in [2.75, 3.05) is 24.7 Å². The molecule has 0 radical (unpaired) electrons. The summed E-state index contributed by atoms with van der Waals surface area (Å²) in [5, 5.41) is 2.56. The van der Waals surface area contributed by atoms with Gasteiger partial charge in [-0.15, -0.1) is 0 Å². The summed E-state index contributed by atoms with van der Waals surface area (Å²) in [5.74, 6) is -0.444. The minimum absolute atomic E-state index is 0.0670. The van der Waals surface area contributed by atoms with Gasteiger partial charge in [-0.2, -0.15) is 0 Å². The van der Waals surface area contributed by atoms with Crippen molar-refractivity contribution in [3.8, 4) is 5.75 Å². The Balaban J connectivity index is 1.51. The summed E-state index contributed by atoms with van der Waals surface area (Å²) in [6.07, 6.45) is 2.06. The second-order valence-electron chi connectivity index (χ2n) is 5.74. The van der Waals surface area contributed by atoms with Crippen molar-refractivity contribution in [2.45, 2.75) is 12.5 Å². The van der Waals surface area contributed by atoms with E-state index in [0.29, 0.717) is 17.7 Å². The third-order valence-electron chi connectivity index (χ3n) is 3.83. The van der Waals surface area contributed by atoms with Gasteiger partial charge < -0.3 is 14.8 Å². The van der Waals surface area contributed by atoms with E-state index < -0.39 is 34.4 Å². The highest BCUT2D eigenvalue weighted by atomic mass is 32.2. The number of benzene rings is 1. The fraction of sp³-hybridized carbons (Fsp3) is 0.375. The largest absolute Gasteiger partial charge is 0.488 e. The fourth-order valence-corrected chi connectivity index (χ4v) is 4.31. The van der Waals surface area contributed by atoms with Gasteiger partial charge >= 0.3 is 5.97 Å². The van der Waals surface area contributed by atoms with Gasteiger partial charge in [-0.05, 0) is 18.6 Å². The molecular weight excluding hydrogens is 334 g/mol. The van der Waals surface area contributed by atoms with Crippen LogP contribution in [0.5, 0.6) is 5.75 Å². The molecule has 0 bridgehead atoms. The van der Waals surface area contributed by atoms with Gasteiger partial charge in [0.2, 0.25) is 0 Å². The number of nitrogens with one attached hydrogen (secondary N) is 1. The second-order valence-corrected chi connectivity index (χ2v) is 7.97. The van der Waals surface area contributed by atoms with Gasteiger partial charge in [0.25, 0.3) is 5.91 Å². The van der Waals surface area contributed by atoms with E-state index in [9.17, 15) is 18.0 Å². The molecule has 1 aromatic carbocycles. The van der Waals surface area contributed by atoms with Crippen LogP contribution in [-0.2, 0) is 24.2 Å². The molecule has 0 saturated carbocycles. The lowest BCUT2D eigenvalue weighted by Gasteiger charge is -2.17. The molecule has 1 fully saturated rings. The summed E-state index contributed by atoms with van der Waals surface area (Å²) in [6, 6.07) is 6.87. The van der Waals surface area contributed by atoms with Gasteiger partial charge in [-0.25, -0.2) is 13.2 Å². The number of amides is 1. The molecule has 1 aromatic rings. The lowest BCUT2D eigenvalue weighted by atomic mass is 10.1. The van der Waals surface area contributed by atoms with Crippen LogP contribution in [0, 0.1) is 0 Å². The average molecular weight is 351 g/mol. The first kappa shape index (κ1) is 16.5. The molecule has 0 aliphatic carbocycles. The zero-order chi connectivity index (χ0) is 17.2. The van der Waals surface area contributed by atoms with Crippen LogP contribution in [-0.4, -0.2) is 51.1 Å². The SMILES string of the molecule is O=C(COC(=O)C1=Cc2ccccc2OC1)N[C@@H]1CCS(=O)(=O)C1. The molecule has 1 N–H and O–H groups in total. The third-order valence-corrected chi connectivity index (χ3v) is 5.59. The van der Waals surface area contributed by atoms with Crippen LogP contribution in [0.2, 0.25) is 0 Å². The predicted molar refractivity (Wildman–Crippen MR) is 86.1 cm³/mol. The average Bonchev–Trinajstić information content (AvgIpc) is 2.90. The molecule has 2 aliphatic heterocycles. The zero-order valence-corrected chi connectivity index (χ0v) is 13.7. The van der Waals surface area contributed by atoms with Gasteiger partial charge in [0, 0.05) is 11.6 Å². The maximum absolute atomic E-state index is 12.0. The van der Waals surface area contributed by atoms with Gasteiger partial charge in [-0.3, -0.25) is 4.79 Å². The number of esters is 1. The van der Waals surface area contributed by atoms with Crippen LogP contribution in [0.1, 0.15) is 12.0 Å². The molecule has 3 rings (SSSR count). The molecule has 24 heavy (non-hydrogen) atoms. The number of para-hydroxylation sites is 1. The molecule has 8 heteroatoms. The van der Waals surface area contributed by atoms with E-state index in [1.54, 1.807) is 12.1 Å². The van der Waals surface area contributed by atoms with E-state index in [0.717, 1.165) is 5.56 Å². The van der Waals surface area contributed by atoms with Crippen LogP contribution in [0.4, 0.5) is 0 Å². The highest BCUT2D eigenvalue weighted by Crippen LogP contribution is 2.26. The molecule has 1 amide bonds. The standard InChI is InChI=1S/C16H17NO6S/c18-15(17-13-5-6-24(20,21)10-13)9-23-16(19)12-7-11-3-1-2-4-14(11)22-8-12/h1-4,7,13H,5-6,8-10H2,(H,17,18)/t13-/m1/s1. The maximum atomic E-state index is 12.0. The Morgan fingerprint density at radius 1 is 1.29 bits per heavy atom. The molecule has 0 unspecified atom stereocenters. The highest BCUT2D eigenvalue weighted by Gasteiger charge is 2.29. The maximum Gasteiger partial charge on any atom is 0.338 e. The highest BCUT2D eigenvalue weighted by molar-refractivity contribution is 7.91. The molecule has 1 atom stereocenters. The summed E-state index contributed by atoms with van der Waals surface area (Å²) >= 11 is 0. The van der Waals surface area contributed by atoms with Gasteiger partial charge in [0.05, 0.1) is 17.1 Å². The third kappa shape index (κ3) is 3.94. The molecule has 1 saturated heterocycles. The second kappa shape index (κ2) is 6.64. The van der Waals surface area contributed by atoms with Crippen LogP contribution < -0.4 is 10.1 Å². The Labute approximate surface area is 139 Å². The Morgan fingerprint density at radius 3 is 2.83 bits per heavy atom. The monoisotopic (exact) mass is 351 g/mol. The number of ether oxygens (including phenoxy) is 2. The molecular formula is C16H17NO6S. The molecule has 2 heterocycles. The number of hydrogen-bond acceptors (Lipinski definition) is 6. The first-order valence-electron chi connectivity index (χ1n) is 7.52. The van der Waals surface area contributed by atoms with Gasteiger partial charge in [0.1, 0.15) is 12.4 Å². The normalized spacial score (nSPS) is 21.2. The van der Waals surface area contributed by atoms with Gasteiger partial charge in [-0.1, -0.05) is 18.2 Å². The van der Waals surface area contributed by atoms with E-state index in [1.165, 1.54) is 0 Å². The van der Waals surface area contributed by atoms with Gasteiger partial charge in [0.15, 0.2) is 16.4 Å². The zero-order valence-electron chi connectivity index (χ0n) is 12.9. The fourth-order valence-electron chi connectivity index (χ4n) is 2.64. The Bertz CT molecular complexity index is 799. The van der Waals surface area contributed by atoms with Crippen molar-refractivity contribution < 1.29 is 27.5 Å². The van der Waals surface area contributed by atoms with Crippen molar-refractivity contribution in [2.24, 2.45) is 0 Å². The van der Waals surface area contributed by atoms with Crippen molar-refractivity contribution in [1.82, 2.24) is 5.32 Å². The summed E-state index contributed by atoms with van der Waals surface area (Å²) < 4.78 is 33.1. The Kier molecular flexibility index (Phi) is 4.57. The Hall–Kier alpha value is -2.35. The van der Waals surface area contributed by atoms with Crippen LogP contribution in [0.15, 0.2) is 29.8 Å². The number of rotatable bonds is 4. The molecule has 0 aromatic heterocycles. The van der Waals surface area contributed by atoms with Crippen molar-refractivity contribution in [1.29, 1.82) is 0 Å². The quantitative estimate of drug-likeness (QED) is 0.784. The first-order valence-corrected chi connectivity index (χ1v) is 9.34. The van der Waals surface area contributed by atoms with Crippen LogP contribution >= 0.6 is 0 Å². The number of fused-ring (bicyclic) bond motifs is 1. The minimum atomic E-state index is -3.07. The lowest BCUT2D eigenvalue weighted by molar-refractivity contribution is -0.145. The van der Waals surface area contributed by atoms with E-state index in [4.69, 9.17) is 9.47 Å². The lowest BCUT2D eigenvalue weighted by Crippen LogP contribution is -2.38. The number of sulfone groups is 1. The van der Waals surface area contributed by atoms with E-state index in [1.807, 2.05) is 18.2 Å². The predicted octanol–water partition coefficient (Wildman–Crippen LogP) is 0.309. The summed E-state index contributed by atoms with van der Waals surface area (Å²) in [4.78, 5) is 23.8. The van der Waals surface area contributed by atoms with Crippen molar-refractivity contribution >= 4 is 27.8 Å². The number of carbonyl (C=O) groups excluding carboxylic acids is 2. The summed E-state index contributed by atoms with van der Waals surface area (Å²) in [5.41, 5.74) is 1.10. The van der Waals surface area contributed by atoms with E-state index in [2.05, 4.69) is 5.32 Å². The summed E-state index contributed by atoms with van der Waals surface area (Å²) in [6.45, 7) is -0.368. The Morgan fingerprint density at radius 2 is 2.08 bits per heavy atom. The van der Waals surface area contributed by atoms with E-state index >= 15 is 0 Å². The number of carbonyl (C=O) groups is 2. The molecule has 0 spiro atoms. The summed E-state index contributed by atoms with van der Waals surface area (Å²) in [7, 11) is -3.07. The minimum Gasteiger partial charge on any atom is -0.488 e. The molecule has 128 valence electrons. The topological polar surface area (TPSA) is 98.8 Å².